The molecular weight excluding hydrogens is 442 g/mol. The maximum atomic E-state index is 13.1. The highest BCUT2D eigenvalue weighted by Crippen LogP contribution is 2.41. The Balaban J connectivity index is 1.35. The lowest BCUT2D eigenvalue weighted by molar-refractivity contribution is 0.297. The van der Waals surface area contributed by atoms with Crippen LogP contribution >= 0.6 is 11.6 Å². The number of nitrogens with one attached hydrogen (secondary N) is 1. The van der Waals surface area contributed by atoms with Crippen LogP contribution in [0.15, 0.2) is 53.5 Å². The Kier molecular flexibility index (Phi) is 4.95. The zero-order chi connectivity index (χ0) is 22.4. The lowest BCUT2D eigenvalue weighted by Gasteiger charge is -2.28. The second-order valence-corrected chi connectivity index (χ2v) is 8.62. The van der Waals surface area contributed by atoms with E-state index in [2.05, 4.69) is 26.0 Å². The predicted octanol–water partition coefficient (Wildman–Crippen LogP) is 4.27. The number of H-pyrrole nitrogens is 1. The van der Waals surface area contributed by atoms with Crippen LogP contribution in [-0.4, -0.2) is 39.5 Å². The molecule has 2 aliphatic rings. The summed E-state index contributed by atoms with van der Waals surface area (Å²) in [5.41, 5.74) is 2.92. The van der Waals surface area contributed by atoms with E-state index in [4.69, 9.17) is 21.1 Å². The molecule has 0 bridgehead atoms. The number of para-hydroxylation sites is 2. The van der Waals surface area contributed by atoms with E-state index in [1.807, 2.05) is 36.4 Å². The number of halogens is 1. The van der Waals surface area contributed by atoms with Crippen molar-refractivity contribution < 1.29 is 9.47 Å². The summed E-state index contributed by atoms with van der Waals surface area (Å²) in [6.45, 7) is 2.08. The van der Waals surface area contributed by atoms with E-state index in [0.29, 0.717) is 24.8 Å². The number of aromatic nitrogens is 4. The van der Waals surface area contributed by atoms with E-state index in [1.165, 1.54) is 4.68 Å². The molecule has 33 heavy (non-hydrogen) atoms. The molecule has 8 nitrogen and oxygen atoms in total. The van der Waals surface area contributed by atoms with Gasteiger partial charge in [-0.2, -0.15) is 9.78 Å². The van der Waals surface area contributed by atoms with Gasteiger partial charge in [0.2, 0.25) is 5.95 Å². The van der Waals surface area contributed by atoms with Crippen molar-refractivity contribution in [3.8, 4) is 17.4 Å². The summed E-state index contributed by atoms with van der Waals surface area (Å²) >= 11 is 6.62. The Bertz CT molecular complexity index is 1370. The van der Waals surface area contributed by atoms with Gasteiger partial charge in [-0.25, -0.2) is 4.98 Å². The molecule has 4 aromatic rings. The molecule has 9 heteroatoms. The van der Waals surface area contributed by atoms with Crippen LogP contribution in [0.1, 0.15) is 30.9 Å². The van der Waals surface area contributed by atoms with Crippen molar-refractivity contribution in [1.82, 2.24) is 19.7 Å². The van der Waals surface area contributed by atoms with Gasteiger partial charge in [0.15, 0.2) is 11.5 Å². The van der Waals surface area contributed by atoms with E-state index in [9.17, 15) is 4.79 Å². The van der Waals surface area contributed by atoms with E-state index in [0.717, 1.165) is 53.9 Å². The highest BCUT2D eigenvalue weighted by atomic mass is 35.5. The highest BCUT2D eigenvalue weighted by Gasteiger charge is 2.30. The van der Waals surface area contributed by atoms with E-state index in [-0.39, 0.29) is 11.1 Å². The molecule has 0 radical (unpaired) electrons. The van der Waals surface area contributed by atoms with Crippen LogP contribution in [0, 0.1) is 0 Å². The van der Waals surface area contributed by atoms with Gasteiger partial charge in [0.1, 0.15) is 5.02 Å². The molecule has 1 saturated heterocycles. The molecule has 2 aromatic carbocycles. The van der Waals surface area contributed by atoms with Crippen molar-refractivity contribution in [2.24, 2.45) is 0 Å². The Hall–Kier alpha value is -3.52. The maximum Gasteiger partial charge on any atom is 0.295 e. The summed E-state index contributed by atoms with van der Waals surface area (Å²) in [6, 6.07) is 13.7. The minimum Gasteiger partial charge on any atom is -0.490 e. The van der Waals surface area contributed by atoms with Crippen molar-refractivity contribution >= 4 is 28.3 Å². The first-order chi connectivity index (χ1) is 16.2. The van der Waals surface area contributed by atoms with Crippen molar-refractivity contribution in [3.63, 3.8) is 0 Å². The molecule has 1 unspecified atom stereocenters. The number of benzene rings is 2. The third-order valence-electron chi connectivity index (χ3n) is 6.20. The smallest absolute Gasteiger partial charge is 0.295 e. The fourth-order valence-corrected chi connectivity index (χ4v) is 4.84. The number of imidazole rings is 1. The summed E-state index contributed by atoms with van der Waals surface area (Å²) in [6.07, 6.45) is 4.45. The first kappa shape index (κ1) is 20.1. The topological polar surface area (TPSA) is 85.3 Å². The molecule has 168 valence electrons. The second-order valence-electron chi connectivity index (χ2n) is 8.25. The largest absolute Gasteiger partial charge is 0.490 e. The molecule has 4 heterocycles. The molecule has 2 aliphatic heterocycles. The predicted molar refractivity (Wildman–Crippen MR) is 126 cm³/mol. The highest BCUT2D eigenvalue weighted by molar-refractivity contribution is 6.33. The quantitative estimate of drug-likeness (QED) is 0.488. The molecule has 0 spiro atoms. The number of anilines is 1. The Morgan fingerprint density at radius 1 is 1.06 bits per heavy atom. The average Bonchev–Trinajstić information content (AvgIpc) is 3.42. The normalized spacial score (nSPS) is 18.0. The van der Waals surface area contributed by atoms with Gasteiger partial charge < -0.3 is 19.4 Å². The van der Waals surface area contributed by atoms with E-state index < -0.39 is 5.56 Å². The number of ether oxygens (including phenoxy) is 2. The van der Waals surface area contributed by atoms with Gasteiger partial charge in [-0.05, 0) is 42.7 Å². The van der Waals surface area contributed by atoms with Crippen LogP contribution in [0.2, 0.25) is 5.02 Å². The molecule has 1 atom stereocenters. The lowest BCUT2D eigenvalue weighted by Crippen LogP contribution is -2.29. The number of nitrogens with zero attached hydrogens (tertiary/aromatic N) is 4. The van der Waals surface area contributed by atoms with Gasteiger partial charge in [-0.1, -0.05) is 29.8 Å². The molecule has 2 aromatic heterocycles. The third kappa shape index (κ3) is 3.51. The summed E-state index contributed by atoms with van der Waals surface area (Å²) in [7, 11) is 0. The van der Waals surface area contributed by atoms with Crippen LogP contribution in [0.25, 0.3) is 17.0 Å². The summed E-state index contributed by atoms with van der Waals surface area (Å²) < 4.78 is 12.9. The molecule has 0 saturated carbocycles. The Morgan fingerprint density at radius 3 is 2.79 bits per heavy atom. The van der Waals surface area contributed by atoms with Gasteiger partial charge >= 0.3 is 0 Å². The first-order valence-electron chi connectivity index (χ1n) is 11.1. The van der Waals surface area contributed by atoms with Gasteiger partial charge in [-0.3, -0.25) is 4.79 Å². The second kappa shape index (κ2) is 8.12. The molecule has 6 rings (SSSR count). The van der Waals surface area contributed by atoms with Gasteiger partial charge in [0.25, 0.3) is 5.56 Å². The minimum atomic E-state index is -0.405. The standard InChI is InChI=1S/C24H22ClN5O3/c25-22-19(14-26-30(23(22)31)24-27-16-5-1-2-6-17(16)28-24)29-10-3-7-18(29)15-8-9-20-21(13-15)33-12-4-11-32-20/h1-2,5-6,8-9,13-14,18H,3-4,7,10-12H2,(H,27,28). The summed E-state index contributed by atoms with van der Waals surface area (Å²) in [5.74, 6) is 1.88. The lowest BCUT2D eigenvalue weighted by atomic mass is 10.0. The fraction of sp³-hybridized carbons (Fsp3) is 0.292. The molecule has 1 fully saturated rings. The molecule has 0 amide bonds. The fourth-order valence-electron chi connectivity index (χ4n) is 4.60. The van der Waals surface area contributed by atoms with E-state index in [1.54, 1.807) is 6.20 Å². The number of hydrogen-bond acceptors (Lipinski definition) is 6. The van der Waals surface area contributed by atoms with Crippen molar-refractivity contribution in [2.45, 2.75) is 25.3 Å². The van der Waals surface area contributed by atoms with Gasteiger partial charge in [0, 0.05) is 13.0 Å². The summed E-state index contributed by atoms with van der Waals surface area (Å²) in [4.78, 5) is 22.9. The zero-order valence-electron chi connectivity index (χ0n) is 17.8. The molecule has 1 N–H and O–H groups in total. The van der Waals surface area contributed by atoms with Gasteiger partial charge in [0.05, 0.1) is 42.2 Å². The van der Waals surface area contributed by atoms with Crippen LogP contribution in [0.5, 0.6) is 11.5 Å². The monoisotopic (exact) mass is 463 g/mol. The van der Waals surface area contributed by atoms with E-state index >= 15 is 0 Å². The SMILES string of the molecule is O=c1c(Cl)c(N2CCCC2c2ccc3c(c2)OCCCO3)cnn1-c1nc2ccccc2[nH]1. The number of fused-ring (bicyclic) bond motifs is 2. The third-order valence-corrected chi connectivity index (χ3v) is 6.55. The number of rotatable bonds is 3. The summed E-state index contributed by atoms with van der Waals surface area (Å²) in [5, 5.41) is 4.53. The van der Waals surface area contributed by atoms with Crippen LogP contribution in [0.3, 0.4) is 0 Å². The minimum absolute atomic E-state index is 0.0721. The van der Waals surface area contributed by atoms with Crippen LogP contribution in [0.4, 0.5) is 5.69 Å². The Labute approximate surface area is 194 Å². The van der Waals surface area contributed by atoms with Crippen LogP contribution < -0.4 is 19.9 Å². The Morgan fingerprint density at radius 2 is 1.91 bits per heavy atom. The zero-order valence-corrected chi connectivity index (χ0v) is 18.6. The number of aromatic amines is 1. The molecular formula is C24H22ClN5O3. The molecule has 0 aliphatic carbocycles. The van der Waals surface area contributed by atoms with Gasteiger partial charge in [-0.15, -0.1) is 0 Å². The maximum absolute atomic E-state index is 13.1. The average molecular weight is 464 g/mol. The first-order valence-corrected chi connectivity index (χ1v) is 11.5. The van der Waals surface area contributed by atoms with Crippen molar-refractivity contribution in [2.75, 3.05) is 24.7 Å². The van der Waals surface area contributed by atoms with Crippen LogP contribution in [-0.2, 0) is 0 Å². The van der Waals surface area contributed by atoms with Crippen molar-refractivity contribution in [3.05, 3.63) is 69.6 Å². The number of hydrogen-bond donors (Lipinski definition) is 1. The van der Waals surface area contributed by atoms with Crippen molar-refractivity contribution in [1.29, 1.82) is 0 Å².